The van der Waals surface area contributed by atoms with Crippen molar-refractivity contribution in [2.24, 2.45) is 0 Å². The van der Waals surface area contributed by atoms with Gasteiger partial charge in [-0.25, -0.2) is 12.4 Å². The zero-order valence-corrected chi connectivity index (χ0v) is 19.2. The maximum atomic E-state index is 13.7. The average molecular weight is 479 g/mol. The molecule has 4 rings (SSSR count). The number of hydrogen-bond donors (Lipinski definition) is 1. The highest BCUT2D eigenvalue weighted by Crippen LogP contribution is 2.30. The van der Waals surface area contributed by atoms with Gasteiger partial charge in [-0.1, -0.05) is 12.1 Å². The molecule has 174 valence electrons. The minimum atomic E-state index is -4.10. The number of nitrogens with zero attached hydrogens (tertiary/aromatic N) is 2. The van der Waals surface area contributed by atoms with E-state index in [9.17, 15) is 18.0 Å². The van der Waals surface area contributed by atoms with Crippen molar-refractivity contribution in [3.8, 4) is 5.75 Å². The number of pyridine rings is 1. The van der Waals surface area contributed by atoms with E-state index in [0.717, 1.165) is 3.97 Å². The van der Waals surface area contributed by atoms with Gasteiger partial charge in [-0.2, -0.15) is 0 Å². The van der Waals surface area contributed by atoms with E-state index in [1.54, 1.807) is 36.4 Å². The fraction of sp³-hybridized carbons (Fsp3) is 0.160. The van der Waals surface area contributed by atoms with Crippen molar-refractivity contribution in [1.82, 2.24) is 8.96 Å². The number of carbonyl (C=O) groups is 2. The third-order valence-corrected chi connectivity index (χ3v) is 7.01. The van der Waals surface area contributed by atoms with Crippen molar-refractivity contribution in [2.45, 2.75) is 24.7 Å². The number of carboxylic acids is 1. The number of hydrogen-bond acceptors (Lipinski definition) is 6. The Morgan fingerprint density at radius 2 is 1.79 bits per heavy atom. The Bertz CT molecular complexity index is 1480. The van der Waals surface area contributed by atoms with E-state index in [-0.39, 0.29) is 29.1 Å². The van der Waals surface area contributed by atoms with Gasteiger partial charge in [0.1, 0.15) is 5.75 Å². The zero-order chi connectivity index (χ0) is 24.3. The molecule has 0 aliphatic carbocycles. The molecule has 0 radical (unpaired) electrons. The van der Waals surface area contributed by atoms with Crippen molar-refractivity contribution >= 4 is 32.7 Å². The first-order valence-electron chi connectivity index (χ1n) is 10.6. The highest BCUT2D eigenvalue weighted by atomic mass is 32.2. The second kappa shape index (κ2) is 9.48. The van der Waals surface area contributed by atoms with Gasteiger partial charge in [0.2, 0.25) is 0 Å². The number of carbonyl (C=O) groups excluding carboxylic acids is 1. The Morgan fingerprint density at radius 3 is 2.50 bits per heavy atom. The first-order chi connectivity index (χ1) is 16.3. The summed E-state index contributed by atoms with van der Waals surface area (Å²) in [7, 11) is -4.10. The molecule has 8 nitrogen and oxygen atoms in total. The first-order valence-corrected chi connectivity index (χ1v) is 12.0. The van der Waals surface area contributed by atoms with E-state index >= 15 is 0 Å². The van der Waals surface area contributed by atoms with Crippen LogP contribution < -0.4 is 4.74 Å². The molecule has 0 aliphatic rings. The van der Waals surface area contributed by atoms with E-state index < -0.39 is 16.0 Å². The van der Waals surface area contributed by atoms with Crippen LogP contribution in [0.15, 0.2) is 78.1 Å². The number of benzene rings is 2. The van der Waals surface area contributed by atoms with E-state index in [0.29, 0.717) is 34.4 Å². The maximum absolute atomic E-state index is 13.7. The number of carboxylic acid groups (broad SMARTS) is 1. The molecule has 0 saturated carbocycles. The Balaban J connectivity index is 1.82. The van der Waals surface area contributed by atoms with Crippen molar-refractivity contribution in [1.29, 1.82) is 0 Å². The molecule has 34 heavy (non-hydrogen) atoms. The van der Waals surface area contributed by atoms with Crippen LogP contribution in [0.4, 0.5) is 0 Å². The Labute approximate surface area is 196 Å². The molecule has 2 aromatic heterocycles. The number of rotatable bonds is 9. The molecular weight excluding hydrogens is 456 g/mol. The third kappa shape index (κ3) is 4.55. The number of ketones is 1. The Morgan fingerprint density at radius 1 is 1.03 bits per heavy atom. The van der Waals surface area contributed by atoms with E-state index in [2.05, 4.69) is 4.98 Å². The summed E-state index contributed by atoms with van der Waals surface area (Å²) in [6, 6.07) is 14.0. The van der Waals surface area contributed by atoms with Crippen LogP contribution >= 0.6 is 0 Å². The molecule has 0 atom stereocenters. The molecule has 0 fully saturated rings. The summed E-state index contributed by atoms with van der Waals surface area (Å²) >= 11 is 0. The Kier molecular flexibility index (Phi) is 6.47. The van der Waals surface area contributed by atoms with Crippen molar-refractivity contribution in [2.75, 3.05) is 6.61 Å². The lowest BCUT2D eigenvalue weighted by Gasteiger charge is -2.10. The van der Waals surface area contributed by atoms with Gasteiger partial charge in [-0.3, -0.25) is 14.6 Å². The van der Waals surface area contributed by atoms with Gasteiger partial charge in [-0.15, -0.1) is 0 Å². The highest BCUT2D eigenvalue weighted by Gasteiger charge is 2.23. The summed E-state index contributed by atoms with van der Waals surface area (Å²) in [5.74, 6) is -0.800. The SMILES string of the molecule is CCOc1ccc2c(CCC(=O)O)cn(S(=O)(=O)c3cccc(C(=O)c4ccncc4)c3)c2c1. The van der Waals surface area contributed by atoms with Crippen LogP contribution in [0.2, 0.25) is 0 Å². The summed E-state index contributed by atoms with van der Waals surface area (Å²) in [6.45, 7) is 2.23. The zero-order valence-electron chi connectivity index (χ0n) is 18.3. The normalized spacial score (nSPS) is 11.4. The molecule has 0 saturated heterocycles. The smallest absolute Gasteiger partial charge is 0.303 e. The summed E-state index contributed by atoms with van der Waals surface area (Å²) in [6.07, 6.45) is 4.46. The first kappa shape index (κ1) is 23.2. The van der Waals surface area contributed by atoms with E-state index in [4.69, 9.17) is 9.84 Å². The van der Waals surface area contributed by atoms with Gasteiger partial charge >= 0.3 is 5.97 Å². The summed E-state index contributed by atoms with van der Waals surface area (Å²) < 4.78 is 34.0. The van der Waals surface area contributed by atoms with Gasteiger partial charge in [0.05, 0.1) is 17.0 Å². The average Bonchev–Trinajstić information content (AvgIpc) is 3.22. The maximum Gasteiger partial charge on any atom is 0.303 e. The Hall–Kier alpha value is -3.98. The highest BCUT2D eigenvalue weighted by molar-refractivity contribution is 7.90. The van der Waals surface area contributed by atoms with Crippen LogP contribution in [0.3, 0.4) is 0 Å². The standard InChI is InChI=1S/C25H22N2O6S/c1-2-33-20-7-8-22-19(6-9-24(28)29)16-27(23(22)15-20)34(31,32)21-5-3-4-18(14-21)25(30)17-10-12-26-13-11-17/h3-5,7-8,10-16H,2,6,9H2,1H3,(H,28,29). The van der Waals surface area contributed by atoms with Gasteiger partial charge in [0, 0.05) is 47.6 Å². The number of aryl methyl sites for hydroxylation is 1. The lowest BCUT2D eigenvalue weighted by molar-refractivity contribution is -0.136. The largest absolute Gasteiger partial charge is 0.494 e. The quantitative estimate of drug-likeness (QED) is 0.363. The van der Waals surface area contributed by atoms with Crippen LogP contribution in [0.25, 0.3) is 10.9 Å². The molecule has 0 bridgehead atoms. The van der Waals surface area contributed by atoms with Gasteiger partial charge in [0.15, 0.2) is 5.78 Å². The molecule has 4 aromatic rings. The molecule has 0 aliphatic heterocycles. The van der Waals surface area contributed by atoms with Gasteiger partial charge in [0.25, 0.3) is 10.0 Å². The topological polar surface area (TPSA) is 116 Å². The lowest BCUT2D eigenvalue weighted by Crippen LogP contribution is -2.13. The van der Waals surface area contributed by atoms with Crippen molar-refractivity contribution in [3.05, 3.63) is 89.9 Å². The summed E-state index contributed by atoms with van der Waals surface area (Å²) in [4.78, 5) is 27.8. The second-order valence-electron chi connectivity index (χ2n) is 7.55. The van der Waals surface area contributed by atoms with Crippen LogP contribution in [-0.2, 0) is 21.2 Å². The summed E-state index contributed by atoms with van der Waals surface area (Å²) in [5, 5.41) is 9.72. The monoisotopic (exact) mass is 478 g/mol. The molecule has 0 amide bonds. The third-order valence-electron chi connectivity index (χ3n) is 5.34. The lowest BCUT2D eigenvalue weighted by atomic mass is 10.1. The van der Waals surface area contributed by atoms with Crippen LogP contribution in [-0.4, -0.2) is 40.8 Å². The predicted molar refractivity (Wildman–Crippen MR) is 126 cm³/mol. The molecule has 2 aromatic carbocycles. The van der Waals surface area contributed by atoms with Crippen molar-refractivity contribution in [3.63, 3.8) is 0 Å². The molecule has 0 unspecified atom stereocenters. The van der Waals surface area contributed by atoms with Crippen LogP contribution in [0, 0.1) is 0 Å². The number of fused-ring (bicyclic) bond motifs is 1. The van der Waals surface area contributed by atoms with Gasteiger partial charge in [-0.05, 0) is 55.3 Å². The fourth-order valence-corrected chi connectivity index (χ4v) is 5.15. The molecule has 2 heterocycles. The van der Waals surface area contributed by atoms with Crippen molar-refractivity contribution < 1.29 is 27.9 Å². The fourth-order valence-electron chi connectivity index (χ4n) is 3.72. The molecule has 9 heteroatoms. The summed E-state index contributed by atoms with van der Waals surface area (Å²) in [5.41, 5.74) is 1.59. The van der Waals surface area contributed by atoms with Crippen LogP contribution in [0.5, 0.6) is 5.75 Å². The minimum Gasteiger partial charge on any atom is -0.494 e. The second-order valence-corrected chi connectivity index (χ2v) is 9.37. The van der Waals surface area contributed by atoms with Gasteiger partial charge < -0.3 is 9.84 Å². The molecular formula is C25H22N2O6S. The number of ether oxygens (including phenoxy) is 1. The predicted octanol–water partition coefficient (Wildman–Crippen LogP) is 3.92. The number of aromatic nitrogens is 2. The van der Waals surface area contributed by atoms with E-state index in [1.165, 1.54) is 36.8 Å². The molecule has 1 N–H and O–H groups in total. The minimum absolute atomic E-state index is 0.0593. The van der Waals surface area contributed by atoms with E-state index in [1.807, 2.05) is 6.92 Å². The molecule has 0 spiro atoms. The number of aliphatic carboxylic acids is 1. The van der Waals surface area contributed by atoms with Crippen LogP contribution in [0.1, 0.15) is 34.8 Å².